The lowest BCUT2D eigenvalue weighted by atomic mass is 10.0. The molecule has 3 unspecified atom stereocenters. The van der Waals surface area contributed by atoms with Crippen LogP contribution in [0.4, 0.5) is 10.1 Å². The number of halogens is 2. The Bertz CT molecular complexity index is 836. The third-order valence-electron chi connectivity index (χ3n) is 5.28. The lowest BCUT2D eigenvalue weighted by molar-refractivity contribution is 0.627. The molecule has 1 N–H and O–H groups in total. The SMILES string of the molecule is C=Cc1cc(NC(=C)C2C(c3ccc(F)cc3)C2(C)Cl)cc(C)c1C. The summed E-state index contributed by atoms with van der Waals surface area (Å²) < 4.78 is 13.2. The minimum atomic E-state index is -0.414. The van der Waals surface area contributed by atoms with Gasteiger partial charge in [0, 0.05) is 23.2 Å². The fraction of sp³-hybridized carbons (Fsp3) is 0.273. The fourth-order valence-corrected chi connectivity index (χ4v) is 4.09. The molecule has 3 atom stereocenters. The summed E-state index contributed by atoms with van der Waals surface area (Å²) in [6.45, 7) is 14.3. The quantitative estimate of drug-likeness (QED) is 0.610. The van der Waals surface area contributed by atoms with Crippen LogP contribution in [-0.2, 0) is 0 Å². The summed E-state index contributed by atoms with van der Waals surface area (Å²) in [7, 11) is 0. The van der Waals surface area contributed by atoms with E-state index in [0.717, 1.165) is 22.5 Å². The first kappa shape index (κ1) is 17.8. The highest BCUT2D eigenvalue weighted by atomic mass is 35.5. The lowest BCUT2D eigenvalue weighted by Gasteiger charge is -2.14. The molecular formula is C22H23ClFN. The molecule has 3 rings (SSSR count). The van der Waals surface area contributed by atoms with Crippen LogP contribution in [-0.4, -0.2) is 4.87 Å². The number of hydrogen-bond donors (Lipinski definition) is 1. The van der Waals surface area contributed by atoms with Gasteiger partial charge in [-0.1, -0.05) is 31.4 Å². The van der Waals surface area contributed by atoms with Gasteiger partial charge in [0.2, 0.25) is 0 Å². The smallest absolute Gasteiger partial charge is 0.123 e. The largest absolute Gasteiger partial charge is 0.359 e. The average Bonchev–Trinajstić information content (AvgIpc) is 3.14. The highest BCUT2D eigenvalue weighted by molar-refractivity contribution is 6.27. The summed E-state index contributed by atoms with van der Waals surface area (Å²) >= 11 is 6.71. The third kappa shape index (κ3) is 3.23. The summed E-state index contributed by atoms with van der Waals surface area (Å²) in [4.78, 5) is -0.414. The molecule has 1 aliphatic carbocycles. The molecule has 1 nitrogen and oxygen atoms in total. The Morgan fingerprint density at radius 1 is 1.24 bits per heavy atom. The van der Waals surface area contributed by atoms with Crippen LogP contribution in [0.3, 0.4) is 0 Å². The van der Waals surface area contributed by atoms with Gasteiger partial charge in [-0.3, -0.25) is 0 Å². The van der Waals surface area contributed by atoms with Crippen molar-refractivity contribution in [2.45, 2.75) is 31.6 Å². The molecule has 0 heterocycles. The lowest BCUT2D eigenvalue weighted by Crippen LogP contribution is -2.06. The van der Waals surface area contributed by atoms with Crippen molar-refractivity contribution in [2.75, 3.05) is 5.32 Å². The Morgan fingerprint density at radius 3 is 2.48 bits per heavy atom. The Morgan fingerprint density at radius 2 is 1.88 bits per heavy atom. The molecule has 0 radical (unpaired) electrons. The molecule has 1 saturated carbocycles. The van der Waals surface area contributed by atoms with Crippen molar-refractivity contribution in [3.8, 4) is 0 Å². The molecule has 25 heavy (non-hydrogen) atoms. The van der Waals surface area contributed by atoms with Gasteiger partial charge in [0.1, 0.15) is 5.82 Å². The van der Waals surface area contributed by atoms with Crippen molar-refractivity contribution in [2.24, 2.45) is 5.92 Å². The van der Waals surface area contributed by atoms with E-state index < -0.39 is 4.87 Å². The third-order valence-corrected chi connectivity index (χ3v) is 5.75. The average molecular weight is 356 g/mol. The maximum Gasteiger partial charge on any atom is 0.123 e. The van der Waals surface area contributed by atoms with Gasteiger partial charge < -0.3 is 5.32 Å². The summed E-state index contributed by atoms with van der Waals surface area (Å²) in [6, 6.07) is 10.7. The van der Waals surface area contributed by atoms with E-state index in [1.54, 1.807) is 12.1 Å². The van der Waals surface area contributed by atoms with E-state index in [9.17, 15) is 4.39 Å². The standard InChI is InChI=1S/C22H23ClFN/c1-6-16-12-19(11-13(2)14(16)3)25-15(4)20-21(22(20,5)23)17-7-9-18(24)10-8-17/h6-12,20-21,25H,1,4H2,2-3,5H3. The number of rotatable bonds is 5. The summed E-state index contributed by atoms with van der Waals surface area (Å²) in [6.07, 6.45) is 1.86. The number of hydrogen-bond acceptors (Lipinski definition) is 1. The highest BCUT2D eigenvalue weighted by Gasteiger charge is 2.62. The number of benzene rings is 2. The summed E-state index contributed by atoms with van der Waals surface area (Å²) in [5, 5.41) is 3.41. The molecule has 1 fully saturated rings. The van der Waals surface area contributed by atoms with E-state index in [1.165, 1.54) is 23.3 Å². The van der Waals surface area contributed by atoms with E-state index in [4.69, 9.17) is 11.6 Å². The van der Waals surface area contributed by atoms with Crippen molar-refractivity contribution in [1.82, 2.24) is 0 Å². The molecule has 0 spiro atoms. The van der Waals surface area contributed by atoms with E-state index >= 15 is 0 Å². The van der Waals surface area contributed by atoms with Crippen molar-refractivity contribution >= 4 is 23.4 Å². The van der Waals surface area contributed by atoms with Gasteiger partial charge in [-0.25, -0.2) is 4.39 Å². The Labute approximate surface area is 154 Å². The first-order valence-electron chi connectivity index (χ1n) is 8.39. The normalized spacial score (nSPS) is 24.7. The maximum atomic E-state index is 13.2. The van der Waals surface area contributed by atoms with E-state index in [1.807, 2.05) is 13.0 Å². The Balaban J connectivity index is 1.81. The summed E-state index contributed by atoms with van der Waals surface area (Å²) in [5.74, 6) is -0.0186. The predicted molar refractivity (Wildman–Crippen MR) is 106 cm³/mol. The number of aryl methyl sites for hydroxylation is 1. The van der Waals surface area contributed by atoms with Crippen molar-refractivity contribution in [3.63, 3.8) is 0 Å². The molecule has 0 amide bonds. The molecule has 1 aliphatic rings. The van der Waals surface area contributed by atoms with Crippen LogP contribution in [0.2, 0.25) is 0 Å². The van der Waals surface area contributed by atoms with Crippen LogP contribution in [0, 0.1) is 25.6 Å². The van der Waals surface area contributed by atoms with Gasteiger partial charge in [-0.15, -0.1) is 11.6 Å². The molecule has 0 aromatic heterocycles. The van der Waals surface area contributed by atoms with Crippen LogP contribution in [0.15, 0.2) is 55.3 Å². The van der Waals surface area contributed by atoms with Crippen LogP contribution in [0.5, 0.6) is 0 Å². The summed E-state index contributed by atoms with van der Waals surface area (Å²) in [5.41, 5.74) is 6.44. The van der Waals surface area contributed by atoms with Gasteiger partial charge in [-0.05, 0) is 67.3 Å². The Kier molecular flexibility index (Phi) is 4.51. The van der Waals surface area contributed by atoms with Gasteiger partial charge in [0.25, 0.3) is 0 Å². The minimum absolute atomic E-state index is 0.0911. The Hall–Kier alpha value is -2.06. The zero-order valence-corrected chi connectivity index (χ0v) is 15.6. The number of nitrogens with one attached hydrogen (secondary N) is 1. The monoisotopic (exact) mass is 355 g/mol. The number of allylic oxidation sites excluding steroid dienone is 1. The molecule has 130 valence electrons. The molecular weight excluding hydrogens is 333 g/mol. The second-order valence-corrected chi connectivity index (χ2v) is 7.83. The van der Waals surface area contributed by atoms with Gasteiger partial charge in [-0.2, -0.15) is 0 Å². The first-order chi connectivity index (χ1) is 11.8. The number of alkyl halides is 1. The topological polar surface area (TPSA) is 12.0 Å². The van der Waals surface area contributed by atoms with Crippen molar-refractivity contribution < 1.29 is 4.39 Å². The van der Waals surface area contributed by atoms with Crippen LogP contribution in [0.25, 0.3) is 6.08 Å². The zero-order chi connectivity index (χ0) is 18.4. The number of anilines is 1. The van der Waals surface area contributed by atoms with Gasteiger partial charge >= 0.3 is 0 Å². The zero-order valence-electron chi connectivity index (χ0n) is 14.9. The molecule has 3 heteroatoms. The van der Waals surface area contributed by atoms with Crippen molar-refractivity contribution in [1.29, 1.82) is 0 Å². The first-order valence-corrected chi connectivity index (χ1v) is 8.77. The fourth-order valence-electron chi connectivity index (χ4n) is 3.65. The minimum Gasteiger partial charge on any atom is -0.359 e. The van der Waals surface area contributed by atoms with E-state index in [0.29, 0.717) is 0 Å². The van der Waals surface area contributed by atoms with Gasteiger partial charge in [0.05, 0.1) is 4.87 Å². The van der Waals surface area contributed by atoms with E-state index in [2.05, 4.69) is 44.5 Å². The highest BCUT2D eigenvalue weighted by Crippen LogP contribution is 2.64. The molecule has 0 aliphatic heterocycles. The van der Waals surface area contributed by atoms with Gasteiger partial charge in [0.15, 0.2) is 0 Å². The van der Waals surface area contributed by atoms with Crippen LogP contribution in [0.1, 0.15) is 35.1 Å². The predicted octanol–water partition coefficient (Wildman–Crippen LogP) is 6.42. The molecule has 2 aromatic carbocycles. The second kappa shape index (κ2) is 6.34. The van der Waals surface area contributed by atoms with E-state index in [-0.39, 0.29) is 17.7 Å². The maximum absolute atomic E-state index is 13.2. The van der Waals surface area contributed by atoms with Crippen LogP contribution >= 0.6 is 11.6 Å². The van der Waals surface area contributed by atoms with Crippen molar-refractivity contribution in [3.05, 3.63) is 83.3 Å². The molecule has 2 aromatic rings. The molecule has 0 saturated heterocycles. The van der Waals surface area contributed by atoms with Crippen LogP contribution < -0.4 is 5.32 Å². The second-order valence-electron chi connectivity index (χ2n) is 7.02. The molecule has 0 bridgehead atoms.